The van der Waals surface area contributed by atoms with E-state index < -0.39 is 28.4 Å². The predicted molar refractivity (Wildman–Crippen MR) is 63.2 cm³/mol. The van der Waals surface area contributed by atoms with E-state index in [1.165, 1.54) is 12.1 Å². The molecule has 2 aromatic rings. The molecule has 0 heterocycles. The van der Waals surface area contributed by atoms with Gasteiger partial charge < -0.3 is 20.4 Å². The van der Waals surface area contributed by atoms with Crippen LogP contribution in [0.3, 0.4) is 0 Å². The van der Waals surface area contributed by atoms with Gasteiger partial charge in [-0.1, -0.05) is 12.1 Å². The van der Waals surface area contributed by atoms with Crippen molar-refractivity contribution in [1.82, 2.24) is 0 Å². The molecular formula is C11H14O5. The van der Waals surface area contributed by atoms with E-state index >= 15 is 0 Å². The molecule has 0 saturated heterocycles. The van der Waals surface area contributed by atoms with Gasteiger partial charge in [-0.3, -0.25) is 4.79 Å². The third-order valence-corrected chi connectivity index (χ3v) is 2.28. The number of fused-ring (bicyclic) bond motifs is 1. The molecule has 0 aliphatic heterocycles. The molecule has 0 atom stereocenters. The largest absolute Gasteiger partial charge is 0.504 e. The van der Waals surface area contributed by atoms with Crippen molar-refractivity contribution in [3.8, 4) is 23.0 Å². The van der Waals surface area contributed by atoms with E-state index in [1.807, 2.05) is 0 Å². The summed E-state index contributed by atoms with van der Waals surface area (Å²) < 4.78 is 0. The summed E-state index contributed by atoms with van der Waals surface area (Å²) in [5.41, 5.74) is -0.685. The van der Waals surface area contributed by atoms with E-state index in [-0.39, 0.29) is 15.1 Å². The van der Waals surface area contributed by atoms with Crippen LogP contribution in [0, 0.1) is 0 Å². The summed E-state index contributed by atoms with van der Waals surface area (Å²) in [7, 11) is 0. The maximum atomic E-state index is 11.3. The lowest BCUT2D eigenvalue weighted by atomic mass is 10.1. The number of aromatic hydroxyl groups is 4. The van der Waals surface area contributed by atoms with Crippen molar-refractivity contribution < 1.29 is 24.7 Å². The summed E-state index contributed by atoms with van der Waals surface area (Å²) in [6.45, 7) is 0. The fraction of sp³-hybridized carbons (Fsp3) is 0. The Bertz CT molecular complexity index is 645. The average molecular weight is 226 g/mol. The second kappa shape index (κ2) is 3.30. The molecule has 0 amide bonds. The molecule has 88 valence electrons. The molecule has 4 N–H and O–H groups in total. The van der Waals surface area contributed by atoms with E-state index in [0.717, 1.165) is 12.1 Å². The van der Waals surface area contributed by atoms with Gasteiger partial charge >= 0.3 is 0 Å². The fourth-order valence-corrected chi connectivity index (χ4v) is 1.49. The van der Waals surface area contributed by atoms with Crippen molar-refractivity contribution in [3.63, 3.8) is 0 Å². The van der Waals surface area contributed by atoms with Crippen LogP contribution in [-0.4, -0.2) is 20.4 Å². The van der Waals surface area contributed by atoms with Gasteiger partial charge in [0, 0.05) is 4.28 Å². The van der Waals surface area contributed by atoms with Crippen LogP contribution in [0.25, 0.3) is 10.8 Å². The molecule has 2 aromatic carbocycles. The molecule has 0 spiro atoms. The monoisotopic (exact) mass is 226 g/mol. The number of benzene rings is 1. The highest BCUT2D eigenvalue weighted by atomic mass is 16.3. The second-order valence-corrected chi connectivity index (χ2v) is 3.30. The molecule has 0 aromatic heterocycles. The van der Waals surface area contributed by atoms with E-state index in [4.69, 9.17) is 0 Å². The average Bonchev–Trinajstić information content (AvgIpc) is 2.37. The van der Waals surface area contributed by atoms with Crippen molar-refractivity contribution >= 4 is 10.8 Å². The zero-order valence-corrected chi connectivity index (χ0v) is 8.01. The Hall–Kier alpha value is -2.43. The number of hydrogen-bond acceptors (Lipinski definition) is 5. The Labute approximate surface area is 93.9 Å². The van der Waals surface area contributed by atoms with Crippen molar-refractivity contribution in [2.75, 3.05) is 0 Å². The maximum Gasteiger partial charge on any atom is 0.220 e. The van der Waals surface area contributed by atoms with Gasteiger partial charge in [-0.2, -0.15) is 0 Å². The minimum atomic E-state index is -0.770. The summed E-state index contributed by atoms with van der Waals surface area (Å²) in [6.07, 6.45) is 0. The Morgan fingerprint density at radius 2 is 1.62 bits per heavy atom. The minimum absolute atomic E-state index is 0. The van der Waals surface area contributed by atoms with E-state index in [2.05, 4.69) is 0 Å². The Morgan fingerprint density at radius 1 is 0.938 bits per heavy atom. The summed E-state index contributed by atoms with van der Waals surface area (Å²) in [6, 6.07) is 5.06. The van der Waals surface area contributed by atoms with Crippen LogP contribution in [0.15, 0.2) is 29.1 Å². The fourth-order valence-electron chi connectivity index (χ4n) is 1.49. The minimum Gasteiger partial charge on any atom is -0.504 e. The van der Waals surface area contributed by atoms with Crippen LogP contribution in [0.5, 0.6) is 23.0 Å². The molecule has 0 aliphatic carbocycles. The van der Waals surface area contributed by atoms with Crippen molar-refractivity contribution in [2.45, 2.75) is 0 Å². The lowest BCUT2D eigenvalue weighted by Crippen LogP contribution is -1.93. The first-order chi connectivity index (χ1) is 7.52. The molecule has 5 nitrogen and oxygen atoms in total. The van der Waals surface area contributed by atoms with Crippen LogP contribution in [0.2, 0.25) is 0 Å². The zero-order chi connectivity index (χ0) is 11.9. The first kappa shape index (κ1) is 10.1. The zero-order valence-electron chi connectivity index (χ0n) is 8.01. The summed E-state index contributed by atoms with van der Waals surface area (Å²) in [5.74, 6) is -2.69. The molecule has 2 rings (SSSR count). The number of rotatable bonds is 0. The summed E-state index contributed by atoms with van der Waals surface area (Å²) >= 11 is 0. The Kier molecular flexibility index (Phi) is 2.09. The van der Waals surface area contributed by atoms with Gasteiger partial charge in [0.05, 0.1) is 5.39 Å². The van der Waals surface area contributed by atoms with Crippen molar-refractivity contribution in [2.24, 2.45) is 0 Å². The Morgan fingerprint density at radius 3 is 2.31 bits per heavy atom. The van der Waals surface area contributed by atoms with Gasteiger partial charge in [0.2, 0.25) is 11.2 Å². The molecule has 0 aliphatic rings. The van der Waals surface area contributed by atoms with Crippen LogP contribution in [0.1, 0.15) is 4.28 Å². The smallest absolute Gasteiger partial charge is 0.220 e. The molecule has 0 saturated carbocycles. The predicted octanol–water partition coefficient (Wildman–Crippen LogP) is 1.76. The van der Waals surface area contributed by atoms with E-state index in [0.29, 0.717) is 0 Å². The van der Waals surface area contributed by atoms with Crippen molar-refractivity contribution in [3.05, 3.63) is 34.5 Å². The SMILES string of the molecule is O=c1cccc2cc(O)c(O)c(O)c2c1O.[HH].[HH].[HH]. The first-order valence-electron chi connectivity index (χ1n) is 4.42. The highest BCUT2D eigenvalue weighted by molar-refractivity contribution is 5.96. The quantitative estimate of drug-likeness (QED) is 0.513. The molecule has 5 heteroatoms. The molecule has 16 heavy (non-hydrogen) atoms. The summed E-state index contributed by atoms with van der Waals surface area (Å²) in [5, 5.41) is 37.7. The van der Waals surface area contributed by atoms with Crippen LogP contribution >= 0.6 is 0 Å². The summed E-state index contributed by atoms with van der Waals surface area (Å²) in [4.78, 5) is 11.3. The molecule has 0 unspecified atom stereocenters. The lowest BCUT2D eigenvalue weighted by molar-refractivity contribution is 0.370. The highest BCUT2D eigenvalue weighted by Crippen LogP contribution is 2.42. The normalized spacial score (nSPS) is 10.5. The Balaban J connectivity index is 0. The van der Waals surface area contributed by atoms with E-state index in [9.17, 15) is 25.2 Å². The van der Waals surface area contributed by atoms with Gasteiger partial charge in [0.1, 0.15) is 0 Å². The first-order valence-corrected chi connectivity index (χ1v) is 4.42. The lowest BCUT2D eigenvalue weighted by Gasteiger charge is -2.04. The van der Waals surface area contributed by atoms with Gasteiger partial charge in [0.15, 0.2) is 17.2 Å². The van der Waals surface area contributed by atoms with E-state index in [1.54, 1.807) is 0 Å². The van der Waals surface area contributed by atoms with Gasteiger partial charge in [0.25, 0.3) is 0 Å². The van der Waals surface area contributed by atoms with Crippen LogP contribution in [0.4, 0.5) is 0 Å². The highest BCUT2D eigenvalue weighted by Gasteiger charge is 2.14. The topological polar surface area (TPSA) is 98.0 Å². The second-order valence-electron chi connectivity index (χ2n) is 3.30. The molecular weight excluding hydrogens is 212 g/mol. The maximum absolute atomic E-state index is 11.3. The van der Waals surface area contributed by atoms with Gasteiger partial charge in [-0.25, -0.2) is 0 Å². The number of hydrogen-bond donors (Lipinski definition) is 4. The van der Waals surface area contributed by atoms with Gasteiger partial charge in [-0.15, -0.1) is 0 Å². The van der Waals surface area contributed by atoms with Crippen LogP contribution in [-0.2, 0) is 0 Å². The molecule has 0 fully saturated rings. The molecule has 0 radical (unpaired) electrons. The number of phenols is 3. The standard InChI is InChI=1S/C11H8O5.3H2/c12-6-3-1-2-5-4-7(13)10(15)11(16)8(5)9(6)14;;;/h1-4,13,15-16H,(H,12,14);3*1H. The van der Waals surface area contributed by atoms with Crippen LogP contribution < -0.4 is 5.43 Å². The molecule has 0 bridgehead atoms. The van der Waals surface area contributed by atoms with Crippen molar-refractivity contribution in [1.29, 1.82) is 0 Å². The third kappa shape index (κ3) is 1.30. The van der Waals surface area contributed by atoms with Gasteiger partial charge in [-0.05, 0) is 17.5 Å². The third-order valence-electron chi connectivity index (χ3n) is 2.28. The number of phenolic OH excluding ortho intramolecular Hbond substituents is 3.